The number of nitriles is 1. The molecule has 7 heteroatoms. The molecular formula is C29H32N6O. The first kappa shape index (κ1) is 23.8. The van der Waals surface area contributed by atoms with Gasteiger partial charge in [-0.15, -0.1) is 0 Å². The number of piperidine rings is 1. The Morgan fingerprint density at radius 2 is 1.81 bits per heavy atom. The fourth-order valence-corrected chi connectivity index (χ4v) is 5.27. The Hall–Kier alpha value is -3.89. The Balaban J connectivity index is 1.58. The SMILES string of the molecule is CN[C@H]1CCCN(c2c(C#N)c3ncn(CCCc4ccccc4)c(=O)c3n2Cc2ccccc2)C1. The summed E-state index contributed by atoms with van der Waals surface area (Å²) in [6.07, 6.45) is 5.47. The highest BCUT2D eigenvalue weighted by Gasteiger charge is 2.29. The van der Waals surface area contributed by atoms with Gasteiger partial charge in [0.25, 0.3) is 5.56 Å². The zero-order valence-corrected chi connectivity index (χ0v) is 20.7. The van der Waals surface area contributed by atoms with Crippen LogP contribution < -0.4 is 15.8 Å². The van der Waals surface area contributed by atoms with Crippen molar-refractivity contribution in [2.45, 2.75) is 44.8 Å². The maximum absolute atomic E-state index is 13.8. The van der Waals surface area contributed by atoms with Crippen LogP contribution in [0, 0.1) is 11.3 Å². The summed E-state index contributed by atoms with van der Waals surface area (Å²) in [4.78, 5) is 20.8. The second-order valence-corrected chi connectivity index (χ2v) is 9.49. The summed E-state index contributed by atoms with van der Waals surface area (Å²) in [5.41, 5.74) is 3.75. The lowest BCUT2D eigenvalue weighted by Crippen LogP contribution is -2.45. The van der Waals surface area contributed by atoms with Gasteiger partial charge in [0.2, 0.25) is 0 Å². The lowest BCUT2D eigenvalue weighted by Gasteiger charge is -2.35. The molecule has 0 spiro atoms. The fourth-order valence-electron chi connectivity index (χ4n) is 5.27. The van der Waals surface area contributed by atoms with Gasteiger partial charge in [-0.1, -0.05) is 60.7 Å². The third-order valence-corrected chi connectivity index (χ3v) is 7.13. The number of aromatic nitrogens is 3. The first-order valence-electron chi connectivity index (χ1n) is 12.7. The van der Waals surface area contributed by atoms with Crippen molar-refractivity contribution < 1.29 is 0 Å². The van der Waals surface area contributed by atoms with Gasteiger partial charge >= 0.3 is 0 Å². The van der Waals surface area contributed by atoms with Crippen LogP contribution in [0.5, 0.6) is 0 Å². The second kappa shape index (κ2) is 10.8. The van der Waals surface area contributed by atoms with E-state index < -0.39 is 0 Å². The molecule has 0 aliphatic carbocycles. The predicted molar refractivity (Wildman–Crippen MR) is 143 cm³/mol. The predicted octanol–water partition coefficient (Wildman–Crippen LogP) is 3.94. The van der Waals surface area contributed by atoms with Crippen LogP contribution in [0.15, 0.2) is 71.8 Å². The summed E-state index contributed by atoms with van der Waals surface area (Å²) in [5.74, 6) is 0.808. The summed E-state index contributed by atoms with van der Waals surface area (Å²) in [6.45, 7) is 2.74. The molecule has 4 aromatic rings. The largest absolute Gasteiger partial charge is 0.355 e. The van der Waals surface area contributed by atoms with E-state index in [9.17, 15) is 10.1 Å². The van der Waals surface area contributed by atoms with Crippen LogP contribution in [0.1, 0.15) is 36.0 Å². The molecule has 0 saturated carbocycles. The van der Waals surface area contributed by atoms with Crippen molar-refractivity contribution in [3.05, 3.63) is 94.0 Å². The summed E-state index contributed by atoms with van der Waals surface area (Å²) < 4.78 is 3.73. The van der Waals surface area contributed by atoms with Gasteiger partial charge in [-0.3, -0.25) is 9.36 Å². The van der Waals surface area contributed by atoms with Crippen molar-refractivity contribution in [2.75, 3.05) is 25.0 Å². The zero-order valence-electron chi connectivity index (χ0n) is 20.7. The number of rotatable bonds is 8. The molecule has 1 aliphatic rings. The lowest BCUT2D eigenvalue weighted by atomic mass is 10.1. The molecule has 184 valence electrons. The van der Waals surface area contributed by atoms with E-state index in [1.54, 1.807) is 10.9 Å². The summed E-state index contributed by atoms with van der Waals surface area (Å²) in [5, 5.41) is 13.6. The minimum Gasteiger partial charge on any atom is -0.355 e. The Morgan fingerprint density at radius 1 is 1.08 bits per heavy atom. The van der Waals surface area contributed by atoms with Crippen molar-refractivity contribution in [3.63, 3.8) is 0 Å². The van der Waals surface area contributed by atoms with Gasteiger partial charge in [-0.2, -0.15) is 5.26 Å². The van der Waals surface area contributed by atoms with Gasteiger partial charge in [0, 0.05) is 32.2 Å². The number of nitrogens with one attached hydrogen (secondary N) is 1. The molecule has 36 heavy (non-hydrogen) atoms. The molecule has 0 bridgehead atoms. The first-order valence-corrected chi connectivity index (χ1v) is 12.7. The molecule has 0 radical (unpaired) electrons. The Labute approximate surface area is 211 Å². The zero-order chi connectivity index (χ0) is 24.9. The van der Waals surface area contributed by atoms with E-state index in [4.69, 9.17) is 0 Å². The Morgan fingerprint density at radius 3 is 2.50 bits per heavy atom. The van der Waals surface area contributed by atoms with Crippen molar-refractivity contribution in [1.82, 2.24) is 19.4 Å². The monoisotopic (exact) mass is 480 g/mol. The molecule has 2 aromatic carbocycles. The number of fused-ring (bicyclic) bond motifs is 1. The molecule has 1 fully saturated rings. The highest BCUT2D eigenvalue weighted by Crippen LogP contribution is 2.32. The first-order chi connectivity index (χ1) is 17.7. The third kappa shape index (κ3) is 4.77. The van der Waals surface area contributed by atoms with Crippen LogP contribution in [-0.2, 0) is 19.5 Å². The maximum atomic E-state index is 13.8. The quantitative estimate of drug-likeness (QED) is 0.413. The number of aryl methyl sites for hydroxylation is 2. The summed E-state index contributed by atoms with van der Waals surface area (Å²) in [7, 11) is 1.98. The van der Waals surface area contributed by atoms with E-state index in [0.29, 0.717) is 35.7 Å². The summed E-state index contributed by atoms with van der Waals surface area (Å²) in [6, 6.07) is 23.2. The van der Waals surface area contributed by atoms with Gasteiger partial charge in [-0.05, 0) is 43.9 Å². The highest BCUT2D eigenvalue weighted by molar-refractivity contribution is 5.89. The number of hydrogen-bond donors (Lipinski definition) is 1. The van der Waals surface area contributed by atoms with Crippen molar-refractivity contribution in [1.29, 1.82) is 5.26 Å². The number of likely N-dealkylation sites (N-methyl/N-ethyl adjacent to an activating group) is 1. The standard InChI is InChI=1S/C29H32N6O/c1-31-24-15-9-16-33(20-24)28-25(18-30)26-27(35(28)19-23-12-6-3-7-13-23)29(36)34(21-32-26)17-8-14-22-10-4-2-5-11-22/h2-7,10-13,21,24,31H,8-9,14-17,19-20H2,1H3/t24-/m0/s1. The van der Waals surface area contributed by atoms with E-state index in [1.165, 1.54) is 5.56 Å². The van der Waals surface area contributed by atoms with E-state index in [1.807, 2.05) is 48.0 Å². The maximum Gasteiger partial charge on any atom is 0.277 e. The van der Waals surface area contributed by atoms with Crippen LogP contribution in [0.2, 0.25) is 0 Å². The van der Waals surface area contributed by atoms with E-state index in [-0.39, 0.29) is 5.56 Å². The van der Waals surface area contributed by atoms with Crippen LogP contribution in [0.25, 0.3) is 11.0 Å². The molecule has 1 N–H and O–H groups in total. The molecular weight excluding hydrogens is 448 g/mol. The van der Waals surface area contributed by atoms with Gasteiger partial charge in [0.15, 0.2) is 0 Å². The van der Waals surface area contributed by atoms with E-state index in [0.717, 1.165) is 50.2 Å². The summed E-state index contributed by atoms with van der Waals surface area (Å²) >= 11 is 0. The molecule has 7 nitrogen and oxygen atoms in total. The van der Waals surface area contributed by atoms with Gasteiger partial charge in [-0.25, -0.2) is 4.98 Å². The number of benzene rings is 2. The van der Waals surface area contributed by atoms with Crippen LogP contribution in [0.4, 0.5) is 5.82 Å². The molecule has 1 saturated heterocycles. The molecule has 3 heterocycles. The number of nitrogens with zero attached hydrogens (tertiary/aromatic N) is 5. The van der Waals surface area contributed by atoms with Crippen LogP contribution >= 0.6 is 0 Å². The third-order valence-electron chi connectivity index (χ3n) is 7.13. The Kier molecular flexibility index (Phi) is 7.15. The normalized spacial score (nSPS) is 15.8. The second-order valence-electron chi connectivity index (χ2n) is 9.49. The molecule has 1 aliphatic heterocycles. The van der Waals surface area contributed by atoms with Gasteiger partial charge < -0.3 is 14.8 Å². The smallest absolute Gasteiger partial charge is 0.277 e. The molecule has 0 unspecified atom stereocenters. The fraction of sp³-hybridized carbons (Fsp3) is 0.345. The molecule has 1 atom stereocenters. The molecule has 5 rings (SSSR count). The van der Waals surface area contributed by atoms with Crippen molar-refractivity contribution in [2.24, 2.45) is 0 Å². The van der Waals surface area contributed by atoms with Gasteiger partial charge in [0.05, 0.1) is 6.33 Å². The van der Waals surface area contributed by atoms with Crippen LogP contribution in [0.3, 0.4) is 0 Å². The number of hydrogen-bond acceptors (Lipinski definition) is 5. The molecule has 2 aromatic heterocycles. The van der Waals surface area contributed by atoms with Crippen LogP contribution in [-0.4, -0.2) is 40.3 Å². The Bertz CT molecular complexity index is 1420. The molecule has 0 amide bonds. The van der Waals surface area contributed by atoms with Gasteiger partial charge in [0.1, 0.15) is 28.5 Å². The highest BCUT2D eigenvalue weighted by atomic mass is 16.1. The lowest BCUT2D eigenvalue weighted by molar-refractivity contribution is 0.445. The minimum atomic E-state index is -0.0890. The van der Waals surface area contributed by atoms with E-state index in [2.05, 4.69) is 45.5 Å². The van der Waals surface area contributed by atoms with Crippen molar-refractivity contribution >= 4 is 16.9 Å². The minimum absolute atomic E-state index is 0.0890. The van der Waals surface area contributed by atoms with Crippen molar-refractivity contribution in [3.8, 4) is 6.07 Å². The average Bonchev–Trinajstić information content (AvgIpc) is 3.24. The average molecular weight is 481 g/mol. The van der Waals surface area contributed by atoms with E-state index >= 15 is 0 Å². The topological polar surface area (TPSA) is 78.9 Å². The number of anilines is 1.